The third-order valence-electron chi connectivity index (χ3n) is 3.46. The lowest BCUT2D eigenvalue weighted by molar-refractivity contribution is -0.119. The van der Waals surface area contributed by atoms with E-state index in [1.165, 1.54) is 5.56 Å². The Morgan fingerprint density at radius 1 is 1.10 bits per heavy atom. The second kappa shape index (κ2) is 7.48. The first kappa shape index (κ1) is 15.1. The van der Waals surface area contributed by atoms with Gasteiger partial charge in [0.05, 0.1) is 13.2 Å². The number of aryl methyl sites for hydroxylation is 1. The van der Waals surface area contributed by atoms with Crippen molar-refractivity contribution in [3.05, 3.63) is 65.7 Å². The van der Waals surface area contributed by atoms with Crippen molar-refractivity contribution >= 4 is 5.91 Å². The molecule has 0 aliphatic heterocycles. The molecule has 0 spiro atoms. The monoisotopic (exact) mass is 283 g/mol. The SMILES string of the molecule is COc1ccc([C@@H](CCc2ccccc2)NC(C)=O)cc1. The number of methoxy groups -OCH3 is 1. The summed E-state index contributed by atoms with van der Waals surface area (Å²) in [5.41, 5.74) is 2.38. The predicted molar refractivity (Wildman–Crippen MR) is 84.3 cm³/mol. The van der Waals surface area contributed by atoms with Crippen molar-refractivity contribution in [3.63, 3.8) is 0 Å². The average Bonchev–Trinajstić information content (AvgIpc) is 2.52. The third-order valence-corrected chi connectivity index (χ3v) is 3.46. The van der Waals surface area contributed by atoms with E-state index in [-0.39, 0.29) is 11.9 Å². The van der Waals surface area contributed by atoms with Gasteiger partial charge >= 0.3 is 0 Å². The van der Waals surface area contributed by atoms with Crippen molar-refractivity contribution < 1.29 is 9.53 Å². The molecule has 0 aromatic heterocycles. The van der Waals surface area contributed by atoms with E-state index in [9.17, 15) is 4.79 Å². The first-order valence-electron chi connectivity index (χ1n) is 7.14. The van der Waals surface area contributed by atoms with Gasteiger partial charge in [-0.05, 0) is 36.1 Å². The van der Waals surface area contributed by atoms with E-state index < -0.39 is 0 Å². The van der Waals surface area contributed by atoms with Crippen LogP contribution in [-0.4, -0.2) is 13.0 Å². The fourth-order valence-electron chi connectivity index (χ4n) is 2.36. The second-order valence-corrected chi connectivity index (χ2v) is 5.05. The topological polar surface area (TPSA) is 38.3 Å². The standard InChI is InChI=1S/C18H21NO2/c1-14(20)19-18(13-8-15-6-4-3-5-7-15)16-9-11-17(21-2)12-10-16/h3-7,9-12,18H,8,13H2,1-2H3,(H,19,20)/t18-/m1/s1. The van der Waals surface area contributed by atoms with E-state index in [2.05, 4.69) is 17.4 Å². The first-order valence-corrected chi connectivity index (χ1v) is 7.14. The highest BCUT2D eigenvalue weighted by atomic mass is 16.5. The number of hydrogen-bond donors (Lipinski definition) is 1. The van der Waals surface area contributed by atoms with Crippen LogP contribution in [0.25, 0.3) is 0 Å². The molecule has 0 fully saturated rings. The molecule has 2 rings (SSSR count). The molecule has 3 heteroatoms. The average molecular weight is 283 g/mol. The second-order valence-electron chi connectivity index (χ2n) is 5.05. The summed E-state index contributed by atoms with van der Waals surface area (Å²) in [6.07, 6.45) is 1.80. The zero-order valence-electron chi connectivity index (χ0n) is 12.5. The van der Waals surface area contributed by atoms with Gasteiger partial charge < -0.3 is 10.1 Å². The summed E-state index contributed by atoms with van der Waals surface area (Å²) >= 11 is 0. The molecular weight excluding hydrogens is 262 g/mol. The molecule has 1 N–H and O–H groups in total. The van der Waals surface area contributed by atoms with Crippen LogP contribution in [0.4, 0.5) is 0 Å². The summed E-state index contributed by atoms with van der Waals surface area (Å²) in [7, 11) is 1.65. The number of rotatable bonds is 6. The number of benzene rings is 2. The lowest BCUT2D eigenvalue weighted by atomic mass is 9.99. The molecule has 0 saturated heterocycles. The van der Waals surface area contributed by atoms with Gasteiger partial charge in [-0.1, -0.05) is 42.5 Å². The smallest absolute Gasteiger partial charge is 0.217 e. The van der Waals surface area contributed by atoms with Crippen LogP contribution in [0.2, 0.25) is 0 Å². The highest BCUT2D eigenvalue weighted by Gasteiger charge is 2.12. The number of carbonyl (C=O) groups excluding carboxylic acids is 1. The molecule has 0 bridgehead atoms. The van der Waals surface area contributed by atoms with Gasteiger partial charge in [0.25, 0.3) is 0 Å². The number of carbonyl (C=O) groups is 1. The Bertz CT molecular complexity index is 564. The Kier molecular flexibility index (Phi) is 5.38. The number of ether oxygens (including phenoxy) is 1. The van der Waals surface area contributed by atoms with Gasteiger partial charge in [0.15, 0.2) is 0 Å². The zero-order valence-corrected chi connectivity index (χ0v) is 12.5. The first-order chi connectivity index (χ1) is 10.2. The molecular formula is C18H21NO2. The molecule has 2 aromatic rings. The fourth-order valence-corrected chi connectivity index (χ4v) is 2.36. The summed E-state index contributed by atoms with van der Waals surface area (Å²) in [5, 5.41) is 3.02. The van der Waals surface area contributed by atoms with Crippen molar-refractivity contribution in [2.24, 2.45) is 0 Å². The highest BCUT2D eigenvalue weighted by Crippen LogP contribution is 2.22. The largest absolute Gasteiger partial charge is 0.497 e. The molecule has 1 amide bonds. The number of hydrogen-bond acceptors (Lipinski definition) is 2. The van der Waals surface area contributed by atoms with Gasteiger partial charge in [0, 0.05) is 6.92 Å². The lowest BCUT2D eigenvalue weighted by Crippen LogP contribution is -2.26. The van der Waals surface area contributed by atoms with Gasteiger partial charge in [0.2, 0.25) is 5.91 Å². The van der Waals surface area contributed by atoms with Gasteiger partial charge in [-0.15, -0.1) is 0 Å². The van der Waals surface area contributed by atoms with Crippen molar-refractivity contribution in [1.82, 2.24) is 5.32 Å². The molecule has 21 heavy (non-hydrogen) atoms. The Balaban J connectivity index is 2.07. The quantitative estimate of drug-likeness (QED) is 0.881. The molecule has 110 valence electrons. The Morgan fingerprint density at radius 3 is 2.33 bits per heavy atom. The van der Waals surface area contributed by atoms with Crippen LogP contribution in [0.15, 0.2) is 54.6 Å². The molecule has 0 heterocycles. The fraction of sp³-hybridized carbons (Fsp3) is 0.278. The summed E-state index contributed by atoms with van der Waals surface area (Å²) in [4.78, 5) is 11.4. The van der Waals surface area contributed by atoms with E-state index >= 15 is 0 Å². The van der Waals surface area contributed by atoms with Crippen LogP contribution in [0.5, 0.6) is 5.75 Å². The van der Waals surface area contributed by atoms with Crippen molar-refractivity contribution in [2.75, 3.05) is 7.11 Å². The van der Waals surface area contributed by atoms with E-state index in [1.54, 1.807) is 14.0 Å². The van der Waals surface area contributed by atoms with Crippen LogP contribution in [0.1, 0.15) is 30.5 Å². The minimum atomic E-state index is -0.0103. The van der Waals surface area contributed by atoms with Gasteiger partial charge in [0.1, 0.15) is 5.75 Å². The summed E-state index contributed by atoms with van der Waals surface area (Å²) in [6, 6.07) is 18.2. The lowest BCUT2D eigenvalue weighted by Gasteiger charge is -2.18. The maximum absolute atomic E-state index is 11.4. The van der Waals surface area contributed by atoms with Crippen molar-refractivity contribution in [3.8, 4) is 5.75 Å². The molecule has 0 aliphatic rings. The number of amides is 1. The van der Waals surface area contributed by atoms with Crippen LogP contribution >= 0.6 is 0 Å². The van der Waals surface area contributed by atoms with Crippen molar-refractivity contribution in [2.45, 2.75) is 25.8 Å². The Hall–Kier alpha value is -2.29. The van der Waals surface area contributed by atoms with Crippen LogP contribution in [0.3, 0.4) is 0 Å². The number of nitrogens with one attached hydrogen (secondary N) is 1. The van der Waals surface area contributed by atoms with Gasteiger partial charge in [-0.25, -0.2) is 0 Å². The van der Waals surface area contributed by atoms with E-state index in [4.69, 9.17) is 4.74 Å². The minimum Gasteiger partial charge on any atom is -0.497 e. The van der Waals surface area contributed by atoms with Crippen LogP contribution in [0, 0.1) is 0 Å². The molecule has 1 atom stereocenters. The molecule has 0 radical (unpaired) electrons. The normalized spacial score (nSPS) is 11.7. The van der Waals surface area contributed by atoms with E-state index in [1.807, 2.05) is 42.5 Å². The third kappa shape index (κ3) is 4.63. The molecule has 0 unspecified atom stereocenters. The predicted octanol–water partition coefficient (Wildman–Crippen LogP) is 3.51. The highest BCUT2D eigenvalue weighted by molar-refractivity contribution is 5.73. The van der Waals surface area contributed by atoms with E-state index in [0.29, 0.717) is 0 Å². The Morgan fingerprint density at radius 2 is 1.76 bits per heavy atom. The maximum atomic E-state index is 11.4. The summed E-state index contributed by atoms with van der Waals surface area (Å²) < 4.78 is 5.17. The van der Waals surface area contributed by atoms with Crippen LogP contribution < -0.4 is 10.1 Å². The Labute approximate surface area is 126 Å². The maximum Gasteiger partial charge on any atom is 0.217 e. The van der Waals surface area contributed by atoms with Crippen LogP contribution in [-0.2, 0) is 11.2 Å². The minimum absolute atomic E-state index is 0.0103. The van der Waals surface area contributed by atoms with E-state index in [0.717, 1.165) is 24.2 Å². The van der Waals surface area contributed by atoms with Crippen molar-refractivity contribution in [1.29, 1.82) is 0 Å². The molecule has 0 saturated carbocycles. The zero-order chi connectivity index (χ0) is 15.1. The van der Waals surface area contributed by atoms with Gasteiger partial charge in [-0.2, -0.15) is 0 Å². The molecule has 2 aromatic carbocycles. The molecule has 0 aliphatic carbocycles. The summed E-state index contributed by atoms with van der Waals surface area (Å²) in [6.45, 7) is 1.55. The van der Waals surface area contributed by atoms with Gasteiger partial charge in [-0.3, -0.25) is 4.79 Å². The summed E-state index contributed by atoms with van der Waals surface area (Å²) in [5.74, 6) is 0.812. The molecule has 3 nitrogen and oxygen atoms in total.